The third-order valence-corrected chi connectivity index (χ3v) is 5.76. The van der Waals surface area contributed by atoms with Crippen LogP contribution in [0.25, 0.3) is 0 Å². The first-order chi connectivity index (χ1) is 8.20. The van der Waals surface area contributed by atoms with Gasteiger partial charge in [-0.3, -0.25) is 0 Å². The molecule has 0 saturated heterocycles. The summed E-state index contributed by atoms with van der Waals surface area (Å²) in [6.45, 7) is 8.16. The Bertz CT molecular complexity index is 313. The standard InChI is InChI=1S/C15H28O3/c1-9(2)10-5-7-14(3)11(16)6-8-15(4,18)13(17)12(10)14/h9-13,16-18H,5-8H2,1-4H3. The molecule has 0 aliphatic heterocycles. The second kappa shape index (κ2) is 4.46. The highest BCUT2D eigenvalue weighted by atomic mass is 16.3. The third kappa shape index (κ3) is 2.00. The highest BCUT2D eigenvalue weighted by Gasteiger charge is 2.58. The summed E-state index contributed by atoms with van der Waals surface area (Å²) in [5.41, 5.74) is -1.31. The molecule has 2 rings (SSSR count). The molecule has 6 atom stereocenters. The normalized spacial score (nSPS) is 53.3. The first-order valence-electron chi connectivity index (χ1n) is 7.28. The smallest absolute Gasteiger partial charge is 0.0881 e. The van der Waals surface area contributed by atoms with E-state index in [0.29, 0.717) is 24.7 Å². The monoisotopic (exact) mass is 256 g/mol. The van der Waals surface area contributed by atoms with Gasteiger partial charge in [0.15, 0.2) is 0 Å². The van der Waals surface area contributed by atoms with Gasteiger partial charge in [0, 0.05) is 0 Å². The van der Waals surface area contributed by atoms with Crippen LogP contribution < -0.4 is 0 Å². The van der Waals surface area contributed by atoms with Gasteiger partial charge in [-0.1, -0.05) is 20.8 Å². The molecule has 0 aromatic carbocycles. The molecule has 106 valence electrons. The van der Waals surface area contributed by atoms with E-state index in [9.17, 15) is 15.3 Å². The van der Waals surface area contributed by atoms with Gasteiger partial charge < -0.3 is 15.3 Å². The van der Waals surface area contributed by atoms with Crippen LogP contribution in [-0.4, -0.2) is 33.1 Å². The Kier molecular flexibility index (Phi) is 3.54. The number of hydrogen-bond donors (Lipinski definition) is 3. The molecule has 0 spiro atoms. The van der Waals surface area contributed by atoms with Crippen molar-refractivity contribution in [3.63, 3.8) is 0 Å². The zero-order chi connectivity index (χ0) is 13.7. The maximum Gasteiger partial charge on any atom is 0.0881 e. The highest BCUT2D eigenvalue weighted by molar-refractivity contribution is 5.07. The van der Waals surface area contributed by atoms with Crippen LogP contribution in [0.15, 0.2) is 0 Å². The highest BCUT2D eigenvalue weighted by Crippen LogP contribution is 2.57. The Labute approximate surface area is 110 Å². The molecule has 18 heavy (non-hydrogen) atoms. The van der Waals surface area contributed by atoms with E-state index in [1.54, 1.807) is 6.92 Å². The average Bonchev–Trinajstić information content (AvgIpc) is 2.61. The number of hydrogen-bond acceptors (Lipinski definition) is 3. The fraction of sp³-hybridized carbons (Fsp3) is 1.00. The van der Waals surface area contributed by atoms with Gasteiger partial charge in [0.05, 0.1) is 17.8 Å². The number of aliphatic hydroxyl groups is 3. The van der Waals surface area contributed by atoms with Crippen molar-refractivity contribution < 1.29 is 15.3 Å². The van der Waals surface area contributed by atoms with Crippen LogP contribution in [-0.2, 0) is 0 Å². The van der Waals surface area contributed by atoms with Crippen LogP contribution in [0.2, 0.25) is 0 Å². The lowest BCUT2D eigenvalue weighted by Gasteiger charge is -2.42. The summed E-state index contributed by atoms with van der Waals surface area (Å²) in [5, 5.41) is 31.5. The van der Waals surface area contributed by atoms with Crippen LogP contribution in [0.5, 0.6) is 0 Å². The second-order valence-corrected chi connectivity index (χ2v) is 7.33. The Morgan fingerprint density at radius 1 is 1.06 bits per heavy atom. The fourth-order valence-corrected chi connectivity index (χ4v) is 4.34. The third-order valence-electron chi connectivity index (χ3n) is 5.76. The van der Waals surface area contributed by atoms with Gasteiger partial charge in [0.25, 0.3) is 0 Å². The molecular formula is C15H28O3. The van der Waals surface area contributed by atoms with Crippen molar-refractivity contribution in [3.05, 3.63) is 0 Å². The molecule has 0 radical (unpaired) electrons. The van der Waals surface area contributed by atoms with Crippen molar-refractivity contribution in [2.24, 2.45) is 23.2 Å². The van der Waals surface area contributed by atoms with Crippen LogP contribution in [0, 0.1) is 23.2 Å². The summed E-state index contributed by atoms with van der Waals surface area (Å²) < 4.78 is 0. The minimum atomic E-state index is -1.07. The van der Waals surface area contributed by atoms with Crippen molar-refractivity contribution in [2.75, 3.05) is 0 Å². The Morgan fingerprint density at radius 3 is 2.22 bits per heavy atom. The Morgan fingerprint density at radius 2 is 1.67 bits per heavy atom. The Balaban J connectivity index is 2.40. The number of rotatable bonds is 1. The van der Waals surface area contributed by atoms with E-state index in [1.165, 1.54) is 0 Å². The van der Waals surface area contributed by atoms with E-state index in [1.807, 2.05) is 0 Å². The second-order valence-electron chi connectivity index (χ2n) is 7.33. The molecule has 6 unspecified atom stereocenters. The lowest BCUT2D eigenvalue weighted by Crippen LogP contribution is -2.49. The molecule has 0 amide bonds. The van der Waals surface area contributed by atoms with Crippen LogP contribution in [0.4, 0.5) is 0 Å². The zero-order valence-corrected chi connectivity index (χ0v) is 12.1. The molecule has 0 heterocycles. The predicted molar refractivity (Wildman–Crippen MR) is 71.0 cm³/mol. The number of aliphatic hydroxyl groups excluding tert-OH is 2. The van der Waals surface area contributed by atoms with E-state index < -0.39 is 17.8 Å². The predicted octanol–water partition coefficient (Wildman–Crippen LogP) is 1.94. The zero-order valence-electron chi connectivity index (χ0n) is 12.1. The maximum absolute atomic E-state index is 10.6. The topological polar surface area (TPSA) is 60.7 Å². The van der Waals surface area contributed by atoms with Crippen LogP contribution in [0.1, 0.15) is 53.4 Å². The molecule has 0 bridgehead atoms. The van der Waals surface area contributed by atoms with Crippen molar-refractivity contribution in [2.45, 2.75) is 71.2 Å². The van der Waals surface area contributed by atoms with Gasteiger partial charge in [-0.2, -0.15) is 0 Å². The van der Waals surface area contributed by atoms with E-state index in [-0.39, 0.29) is 11.3 Å². The SMILES string of the molecule is CC(C)C1CCC2(C)C(O)CCC(C)(O)C(O)C12. The first kappa shape index (κ1) is 14.3. The molecule has 0 aromatic rings. The van der Waals surface area contributed by atoms with Crippen molar-refractivity contribution >= 4 is 0 Å². The summed E-state index contributed by atoms with van der Waals surface area (Å²) in [7, 11) is 0. The van der Waals surface area contributed by atoms with Crippen molar-refractivity contribution in [1.82, 2.24) is 0 Å². The quantitative estimate of drug-likeness (QED) is 0.672. The molecule has 2 saturated carbocycles. The fourth-order valence-electron chi connectivity index (χ4n) is 4.34. The minimum absolute atomic E-state index is 0.00463. The largest absolute Gasteiger partial charge is 0.393 e. The molecule has 3 nitrogen and oxygen atoms in total. The van der Waals surface area contributed by atoms with E-state index in [0.717, 1.165) is 12.8 Å². The molecule has 3 heteroatoms. The van der Waals surface area contributed by atoms with E-state index in [4.69, 9.17) is 0 Å². The lowest BCUT2D eigenvalue weighted by atomic mass is 9.67. The van der Waals surface area contributed by atoms with Gasteiger partial charge in [-0.05, 0) is 55.8 Å². The minimum Gasteiger partial charge on any atom is -0.393 e. The molecule has 0 aromatic heterocycles. The van der Waals surface area contributed by atoms with Crippen LogP contribution >= 0.6 is 0 Å². The van der Waals surface area contributed by atoms with Crippen LogP contribution in [0.3, 0.4) is 0 Å². The maximum atomic E-state index is 10.6. The molecule has 2 aliphatic rings. The molecule has 2 fully saturated rings. The number of fused-ring (bicyclic) bond motifs is 1. The van der Waals surface area contributed by atoms with Crippen molar-refractivity contribution in [1.29, 1.82) is 0 Å². The summed E-state index contributed by atoms with van der Waals surface area (Å²) >= 11 is 0. The van der Waals surface area contributed by atoms with E-state index >= 15 is 0 Å². The molecule has 3 N–H and O–H groups in total. The van der Waals surface area contributed by atoms with Gasteiger partial charge in [-0.15, -0.1) is 0 Å². The summed E-state index contributed by atoms with van der Waals surface area (Å²) in [6.07, 6.45) is 1.93. The summed E-state index contributed by atoms with van der Waals surface area (Å²) in [6, 6.07) is 0. The molecule has 2 aliphatic carbocycles. The van der Waals surface area contributed by atoms with Gasteiger partial charge in [-0.25, -0.2) is 0 Å². The summed E-state index contributed by atoms with van der Waals surface area (Å²) in [5.74, 6) is 0.877. The Hall–Kier alpha value is -0.120. The lowest BCUT2D eigenvalue weighted by molar-refractivity contribution is -0.119. The van der Waals surface area contributed by atoms with Gasteiger partial charge in [0.2, 0.25) is 0 Å². The first-order valence-corrected chi connectivity index (χ1v) is 7.28. The van der Waals surface area contributed by atoms with E-state index in [2.05, 4.69) is 20.8 Å². The average molecular weight is 256 g/mol. The van der Waals surface area contributed by atoms with Crippen molar-refractivity contribution in [3.8, 4) is 0 Å². The van der Waals surface area contributed by atoms with Gasteiger partial charge in [0.1, 0.15) is 0 Å². The molecular weight excluding hydrogens is 228 g/mol. The van der Waals surface area contributed by atoms with Gasteiger partial charge >= 0.3 is 0 Å². The summed E-state index contributed by atoms with van der Waals surface area (Å²) in [4.78, 5) is 0.